The molecule has 0 amide bonds. The fraction of sp³-hybridized carbons (Fsp3) is 0.250. The van der Waals surface area contributed by atoms with Gasteiger partial charge in [0.25, 0.3) is 0 Å². The zero-order valence-electron chi connectivity index (χ0n) is 15.3. The molecule has 0 atom stereocenters. The Morgan fingerprint density at radius 1 is 1.00 bits per heavy atom. The molecule has 4 rings (SSSR count). The van der Waals surface area contributed by atoms with Gasteiger partial charge >= 0.3 is 5.63 Å². The van der Waals surface area contributed by atoms with E-state index >= 15 is 0 Å². The zero-order chi connectivity index (χ0) is 20.6. The lowest BCUT2D eigenvalue weighted by molar-refractivity contribution is 0.182. The molecule has 0 saturated carbocycles. The molecule has 1 saturated heterocycles. The first-order valence-electron chi connectivity index (χ1n) is 9.03. The van der Waals surface area contributed by atoms with Gasteiger partial charge in [-0.1, -0.05) is 27.5 Å². The summed E-state index contributed by atoms with van der Waals surface area (Å²) in [6.07, 6.45) is 0. The van der Waals surface area contributed by atoms with Crippen LogP contribution in [0.4, 0.5) is 0 Å². The Bertz CT molecular complexity index is 1200. The van der Waals surface area contributed by atoms with Crippen molar-refractivity contribution in [1.82, 2.24) is 9.21 Å². The molecule has 3 aromatic rings. The molecule has 0 bridgehead atoms. The van der Waals surface area contributed by atoms with Crippen LogP contribution in [0.5, 0.6) is 0 Å². The van der Waals surface area contributed by atoms with Gasteiger partial charge in [-0.3, -0.25) is 4.90 Å². The summed E-state index contributed by atoms with van der Waals surface area (Å²) in [7, 11) is -3.54. The average molecular weight is 498 g/mol. The smallest absolute Gasteiger partial charge is 0.336 e. The summed E-state index contributed by atoms with van der Waals surface area (Å²) in [6.45, 7) is 2.47. The van der Waals surface area contributed by atoms with Gasteiger partial charge in [-0.25, -0.2) is 13.2 Å². The van der Waals surface area contributed by atoms with Crippen molar-refractivity contribution in [1.29, 1.82) is 0 Å². The number of hydrogen-bond donors (Lipinski definition) is 0. The van der Waals surface area contributed by atoms with Gasteiger partial charge in [-0.05, 0) is 48.0 Å². The van der Waals surface area contributed by atoms with E-state index in [2.05, 4.69) is 20.8 Å². The maximum Gasteiger partial charge on any atom is 0.336 e. The highest BCUT2D eigenvalue weighted by Gasteiger charge is 2.28. The molecule has 29 heavy (non-hydrogen) atoms. The molecule has 0 unspecified atom stereocenters. The predicted octanol–water partition coefficient (Wildman–Crippen LogP) is 3.72. The van der Waals surface area contributed by atoms with E-state index in [1.165, 1.54) is 22.5 Å². The molecule has 9 heteroatoms. The first kappa shape index (κ1) is 20.6. The molecule has 1 aliphatic rings. The number of hydrogen-bond acceptors (Lipinski definition) is 5. The van der Waals surface area contributed by atoms with E-state index in [-0.39, 0.29) is 4.90 Å². The van der Waals surface area contributed by atoms with E-state index in [4.69, 9.17) is 16.0 Å². The van der Waals surface area contributed by atoms with Crippen LogP contribution in [0, 0.1) is 0 Å². The first-order valence-corrected chi connectivity index (χ1v) is 11.6. The highest BCUT2D eigenvalue weighted by atomic mass is 79.9. The van der Waals surface area contributed by atoms with Crippen molar-refractivity contribution in [3.05, 3.63) is 74.0 Å². The lowest BCUT2D eigenvalue weighted by atomic mass is 10.1. The van der Waals surface area contributed by atoms with Crippen LogP contribution in [0.15, 0.2) is 67.1 Å². The molecule has 1 fully saturated rings. The number of benzene rings is 2. The fourth-order valence-corrected chi connectivity index (χ4v) is 5.35. The monoisotopic (exact) mass is 496 g/mol. The van der Waals surface area contributed by atoms with Gasteiger partial charge < -0.3 is 4.42 Å². The van der Waals surface area contributed by atoms with Gasteiger partial charge in [0, 0.05) is 53.7 Å². The Balaban J connectivity index is 1.49. The van der Waals surface area contributed by atoms with Gasteiger partial charge in [0.2, 0.25) is 10.0 Å². The van der Waals surface area contributed by atoms with E-state index < -0.39 is 15.6 Å². The van der Waals surface area contributed by atoms with Crippen LogP contribution in [-0.2, 0) is 16.6 Å². The fourth-order valence-electron chi connectivity index (χ4n) is 3.46. The number of fused-ring (bicyclic) bond motifs is 1. The second-order valence-corrected chi connectivity index (χ2v) is 10.2. The summed E-state index contributed by atoms with van der Waals surface area (Å²) >= 11 is 9.24. The third kappa shape index (κ3) is 4.41. The van der Waals surface area contributed by atoms with Crippen LogP contribution < -0.4 is 5.63 Å². The minimum atomic E-state index is -3.54. The van der Waals surface area contributed by atoms with E-state index in [1.807, 2.05) is 12.1 Å². The number of halogens is 2. The zero-order valence-corrected chi connectivity index (χ0v) is 18.5. The van der Waals surface area contributed by atoms with Crippen LogP contribution in [0.25, 0.3) is 11.0 Å². The van der Waals surface area contributed by atoms with Crippen molar-refractivity contribution in [2.24, 2.45) is 0 Å². The van der Waals surface area contributed by atoms with Crippen LogP contribution in [0.3, 0.4) is 0 Å². The quantitative estimate of drug-likeness (QED) is 0.514. The lowest BCUT2D eigenvalue weighted by Gasteiger charge is -2.34. The van der Waals surface area contributed by atoms with Gasteiger partial charge in [0.1, 0.15) is 5.58 Å². The Morgan fingerprint density at radius 3 is 2.38 bits per heavy atom. The SMILES string of the molecule is O=c1cc(CN2CCN(S(=O)(=O)c3ccc(Cl)cc3)CC2)c2ccc(Br)cc2o1. The Hall–Kier alpha value is -1.71. The first-order chi connectivity index (χ1) is 13.8. The van der Waals surface area contributed by atoms with Crippen molar-refractivity contribution in [3.63, 3.8) is 0 Å². The summed E-state index contributed by atoms with van der Waals surface area (Å²) in [5.74, 6) is 0. The van der Waals surface area contributed by atoms with Crippen LogP contribution in [-0.4, -0.2) is 43.8 Å². The van der Waals surface area contributed by atoms with Crippen molar-refractivity contribution < 1.29 is 12.8 Å². The topological polar surface area (TPSA) is 70.8 Å². The maximum absolute atomic E-state index is 12.8. The number of rotatable bonds is 4. The van der Waals surface area contributed by atoms with E-state index in [0.717, 1.165) is 15.4 Å². The highest BCUT2D eigenvalue weighted by molar-refractivity contribution is 9.10. The van der Waals surface area contributed by atoms with Crippen LogP contribution in [0.2, 0.25) is 5.02 Å². The lowest BCUT2D eigenvalue weighted by Crippen LogP contribution is -2.48. The normalized spacial score (nSPS) is 16.3. The molecule has 6 nitrogen and oxygen atoms in total. The largest absolute Gasteiger partial charge is 0.423 e. The number of piperazine rings is 1. The predicted molar refractivity (Wildman–Crippen MR) is 116 cm³/mol. The van der Waals surface area contributed by atoms with Gasteiger partial charge in [-0.2, -0.15) is 4.31 Å². The molecule has 0 N–H and O–H groups in total. The van der Waals surface area contributed by atoms with Crippen molar-refractivity contribution in [2.75, 3.05) is 26.2 Å². The molecule has 0 radical (unpaired) electrons. The summed E-state index contributed by atoms with van der Waals surface area (Å²) in [6, 6.07) is 13.3. The molecule has 2 heterocycles. The molecule has 0 aliphatic carbocycles. The number of nitrogens with zero attached hydrogens (tertiary/aromatic N) is 2. The number of sulfonamides is 1. The summed E-state index contributed by atoms with van der Waals surface area (Å²) in [5.41, 5.74) is 1.01. The van der Waals surface area contributed by atoms with Crippen molar-refractivity contribution in [3.8, 4) is 0 Å². The Morgan fingerprint density at radius 2 is 1.69 bits per heavy atom. The molecule has 0 spiro atoms. The molecule has 1 aliphatic heterocycles. The van der Waals surface area contributed by atoms with E-state index in [0.29, 0.717) is 43.3 Å². The average Bonchev–Trinajstić information content (AvgIpc) is 2.68. The van der Waals surface area contributed by atoms with E-state index in [1.54, 1.807) is 18.2 Å². The Kier molecular flexibility index (Phi) is 5.81. The van der Waals surface area contributed by atoms with Crippen molar-refractivity contribution in [2.45, 2.75) is 11.4 Å². The van der Waals surface area contributed by atoms with Crippen LogP contribution in [0.1, 0.15) is 5.56 Å². The molecule has 152 valence electrons. The summed E-state index contributed by atoms with van der Waals surface area (Å²) in [5, 5.41) is 1.38. The summed E-state index contributed by atoms with van der Waals surface area (Å²) < 4.78 is 33.3. The minimum Gasteiger partial charge on any atom is -0.423 e. The standard InChI is InChI=1S/C20H18BrClN2O4S/c21-15-1-6-18-14(11-20(25)28-19(18)12-15)13-23-7-9-24(10-8-23)29(26,27)17-4-2-16(22)3-5-17/h1-6,11-12H,7-10,13H2. The minimum absolute atomic E-state index is 0.243. The van der Waals surface area contributed by atoms with Gasteiger partial charge in [-0.15, -0.1) is 0 Å². The second-order valence-electron chi connectivity index (χ2n) is 6.87. The Labute approximate surface area is 181 Å². The maximum atomic E-state index is 12.8. The highest BCUT2D eigenvalue weighted by Crippen LogP contribution is 2.24. The molecule has 2 aromatic carbocycles. The molecular weight excluding hydrogens is 480 g/mol. The van der Waals surface area contributed by atoms with Gasteiger partial charge in [0.15, 0.2) is 0 Å². The molecular formula is C20H18BrClN2O4S. The molecule has 1 aromatic heterocycles. The summed E-state index contributed by atoms with van der Waals surface area (Å²) in [4.78, 5) is 14.3. The van der Waals surface area contributed by atoms with Gasteiger partial charge in [0.05, 0.1) is 4.90 Å². The van der Waals surface area contributed by atoms with Crippen molar-refractivity contribution >= 4 is 48.5 Å². The van der Waals surface area contributed by atoms with Crippen LogP contribution >= 0.6 is 27.5 Å². The van der Waals surface area contributed by atoms with E-state index in [9.17, 15) is 13.2 Å². The second kappa shape index (κ2) is 8.20. The third-order valence-corrected chi connectivity index (χ3v) is 7.63. The third-order valence-electron chi connectivity index (χ3n) is 4.97.